The Hall–Kier alpha value is -1.80. The molecule has 1 saturated heterocycles. The molecule has 0 aliphatic carbocycles. The van der Waals surface area contributed by atoms with Gasteiger partial charge in [-0.25, -0.2) is 0 Å². The van der Waals surface area contributed by atoms with Gasteiger partial charge in [-0.2, -0.15) is 0 Å². The summed E-state index contributed by atoms with van der Waals surface area (Å²) < 4.78 is 0. The lowest BCUT2D eigenvalue weighted by Crippen LogP contribution is -2.45. The SMILES string of the molecule is CN1CC[C@H]2[C@H](C1)c1cccc3c1N2CCc1ccccc1-3. The molecule has 2 aromatic rings. The molecule has 0 unspecified atom stereocenters. The minimum Gasteiger partial charge on any atom is -0.367 e. The quantitative estimate of drug-likeness (QED) is 0.732. The van der Waals surface area contributed by atoms with E-state index in [0.717, 1.165) is 0 Å². The fraction of sp³-hybridized carbons (Fsp3) is 0.400. The zero-order valence-electron chi connectivity index (χ0n) is 13.1. The molecule has 0 saturated carbocycles. The number of likely N-dealkylation sites (tertiary alicyclic amines) is 1. The van der Waals surface area contributed by atoms with E-state index < -0.39 is 0 Å². The molecule has 0 radical (unpaired) electrons. The predicted molar refractivity (Wildman–Crippen MR) is 91.6 cm³/mol. The molecule has 2 aromatic carbocycles. The average Bonchev–Trinajstić information content (AvgIpc) is 2.75. The van der Waals surface area contributed by atoms with Gasteiger partial charge in [0.1, 0.15) is 0 Å². The molecule has 0 spiro atoms. The van der Waals surface area contributed by atoms with Gasteiger partial charge >= 0.3 is 0 Å². The molecule has 5 rings (SSSR count). The molecule has 1 fully saturated rings. The Balaban J connectivity index is 1.74. The lowest BCUT2D eigenvalue weighted by molar-refractivity contribution is 0.231. The predicted octanol–water partition coefficient (Wildman–Crippen LogP) is 3.52. The van der Waals surface area contributed by atoms with Crippen molar-refractivity contribution in [1.29, 1.82) is 0 Å². The molecular formula is C20H22N2. The Labute approximate surface area is 132 Å². The van der Waals surface area contributed by atoms with Crippen LogP contribution in [0.15, 0.2) is 42.5 Å². The maximum Gasteiger partial charge on any atom is 0.0485 e. The van der Waals surface area contributed by atoms with Crippen LogP contribution >= 0.6 is 0 Å². The van der Waals surface area contributed by atoms with Gasteiger partial charge in [0.05, 0.1) is 0 Å². The molecule has 3 heterocycles. The van der Waals surface area contributed by atoms with Crippen LogP contribution in [0.25, 0.3) is 11.1 Å². The summed E-state index contributed by atoms with van der Waals surface area (Å²) >= 11 is 0. The summed E-state index contributed by atoms with van der Waals surface area (Å²) in [6, 6.07) is 16.7. The zero-order chi connectivity index (χ0) is 14.7. The minimum atomic E-state index is 0.693. The highest BCUT2D eigenvalue weighted by atomic mass is 15.2. The van der Waals surface area contributed by atoms with Crippen LogP contribution in [0.4, 0.5) is 5.69 Å². The van der Waals surface area contributed by atoms with E-state index in [0.29, 0.717) is 12.0 Å². The van der Waals surface area contributed by atoms with Crippen LogP contribution in [-0.4, -0.2) is 37.6 Å². The Morgan fingerprint density at radius 2 is 1.82 bits per heavy atom. The van der Waals surface area contributed by atoms with Crippen molar-refractivity contribution in [3.63, 3.8) is 0 Å². The molecule has 2 nitrogen and oxygen atoms in total. The highest BCUT2D eigenvalue weighted by Crippen LogP contribution is 2.50. The topological polar surface area (TPSA) is 6.48 Å². The van der Waals surface area contributed by atoms with Crippen molar-refractivity contribution >= 4 is 5.69 Å². The standard InChI is InChI=1S/C20H22N2/c1-21-11-10-19-18(13-21)17-8-4-7-16-15-6-3-2-5-14(15)9-12-22(19)20(16)17/h2-8,18-19H,9-13H2,1H3/t18-,19+/m1/s1. The number of para-hydroxylation sites is 1. The highest BCUT2D eigenvalue weighted by Gasteiger charge is 2.42. The van der Waals surface area contributed by atoms with E-state index in [1.54, 1.807) is 5.56 Å². The van der Waals surface area contributed by atoms with E-state index in [1.807, 2.05) is 0 Å². The second-order valence-electron chi connectivity index (χ2n) is 7.07. The number of hydrogen-bond acceptors (Lipinski definition) is 2. The summed E-state index contributed by atoms with van der Waals surface area (Å²) in [6.45, 7) is 3.61. The third-order valence-corrected chi connectivity index (χ3v) is 5.86. The first-order valence-corrected chi connectivity index (χ1v) is 8.49. The maximum atomic E-state index is 2.74. The van der Waals surface area contributed by atoms with Crippen LogP contribution in [-0.2, 0) is 6.42 Å². The third-order valence-electron chi connectivity index (χ3n) is 5.86. The van der Waals surface area contributed by atoms with E-state index in [2.05, 4.69) is 59.3 Å². The molecule has 0 aromatic heterocycles. The zero-order valence-corrected chi connectivity index (χ0v) is 13.1. The van der Waals surface area contributed by atoms with Crippen LogP contribution in [0.1, 0.15) is 23.5 Å². The van der Waals surface area contributed by atoms with Crippen molar-refractivity contribution in [2.45, 2.75) is 24.8 Å². The van der Waals surface area contributed by atoms with Gasteiger partial charge in [-0.1, -0.05) is 42.5 Å². The number of anilines is 1. The van der Waals surface area contributed by atoms with Crippen molar-refractivity contribution in [3.8, 4) is 11.1 Å². The van der Waals surface area contributed by atoms with Crippen LogP contribution in [0.2, 0.25) is 0 Å². The number of piperidine rings is 1. The summed E-state index contributed by atoms with van der Waals surface area (Å²) in [6.07, 6.45) is 2.47. The van der Waals surface area contributed by atoms with Gasteiger partial charge in [0.25, 0.3) is 0 Å². The normalized spacial score (nSPS) is 26.1. The molecule has 0 bridgehead atoms. The monoisotopic (exact) mass is 290 g/mol. The van der Waals surface area contributed by atoms with Gasteiger partial charge in [0.15, 0.2) is 0 Å². The van der Waals surface area contributed by atoms with E-state index in [9.17, 15) is 0 Å². The number of fused-ring (bicyclic) bond motifs is 5. The molecule has 112 valence electrons. The molecule has 3 aliphatic rings. The van der Waals surface area contributed by atoms with Crippen molar-refractivity contribution in [1.82, 2.24) is 4.90 Å². The van der Waals surface area contributed by atoms with E-state index in [1.165, 1.54) is 54.9 Å². The van der Waals surface area contributed by atoms with Crippen LogP contribution in [0.5, 0.6) is 0 Å². The maximum absolute atomic E-state index is 2.74. The number of rotatable bonds is 0. The molecule has 0 amide bonds. The lowest BCUT2D eigenvalue weighted by Gasteiger charge is -2.37. The van der Waals surface area contributed by atoms with Crippen molar-refractivity contribution in [2.24, 2.45) is 0 Å². The second-order valence-corrected chi connectivity index (χ2v) is 7.07. The van der Waals surface area contributed by atoms with Crippen molar-refractivity contribution in [2.75, 3.05) is 31.6 Å². The number of hydrogen-bond donors (Lipinski definition) is 0. The largest absolute Gasteiger partial charge is 0.367 e. The first-order valence-electron chi connectivity index (χ1n) is 8.49. The number of benzene rings is 2. The third kappa shape index (κ3) is 1.65. The second kappa shape index (κ2) is 4.60. The lowest BCUT2D eigenvalue weighted by atomic mass is 9.87. The molecule has 22 heavy (non-hydrogen) atoms. The minimum absolute atomic E-state index is 0.693. The molecule has 3 aliphatic heterocycles. The molecule has 0 N–H and O–H groups in total. The number of likely N-dealkylation sites (N-methyl/N-ethyl adjacent to an activating group) is 1. The summed E-state index contributed by atoms with van der Waals surface area (Å²) in [7, 11) is 2.27. The van der Waals surface area contributed by atoms with Gasteiger partial charge in [-0.05, 0) is 43.1 Å². The Morgan fingerprint density at radius 1 is 0.955 bits per heavy atom. The molecule has 2 heteroatoms. The molecular weight excluding hydrogens is 268 g/mol. The summed E-state index contributed by atoms with van der Waals surface area (Å²) in [4.78, 5) is 5.24. The van der Waals surface area contributed by atoms with Crippen molar-refractivity contribution in [3.05, 3.63) is 53.6 Å². The van der Waals surface area contributed by atoms with Crippen LogP contribution in [0.3, 0.4) is 0 Å². The van der Waals surface area contributed by atoms with Gasteiger partial charge in [-0.15, -0.1) is 0 Å². The van der Waals surface area contributed by atoms with Gasteiger partial charge in [-0.3, -0.25) is 0 Å². The highest BCUT2D eigenvalue weighted by molar-refractivity contribution is 5.86. The van der Waals surface area contributed by atoms with E-state index in [-0.39, 0.29) is 0 Å². The van der Waals surface area contributed by atoms with Crippen LogP contribution in [0, 0.1) is 0 Å². The van der Waals surface area contributed by atoms with Crippen molar-refractivity contribution < 1.29 is 0 Å². The summed E-state index contributed by atoms with van der Waals surface area (Å²) in [5, 5.41) is 0. The van der Waals surface area contributed by atoms with Gasteiger partial charge < -0.3 is 9.80 Å². The Morgan fingerprint density at radius 3 is 2.77 bits per heavy atom. The average molecular weight is 290 g/mol. The van der Waals surface area contributed by atoms with Gasteiger partial charge in [0.2, 0.25) is 0 Å². The number of nitrogens with zero attached hydrogens (tertiary/aromatic N) is 2. The Kier molecular flexibility index (Phi) is 2.66. The first-order chi connectivity index (χ1) is 10.8. The van der Waals surface area contributed by atoms with Crippen LogP contribution < -0.4 is 4.90 Å². The van der Waals surface area contributed by atoms with E-state index in [4.69, 9.17) is 0 Å². The smallest absolute Gasteiger partial charge is 0.0485 e. The summed E-state index contributed by atoms with van der Waals surface area (Å²) in [5.41, 5.74) is 7.55. The Bertz CT molecular complexity index is 736. The fourth-order valence-electron chi connectivity index (χ4n) is 4.87. The van der Waals surface area contributed by atoms with E-state index >= 15 is 0 Å². The molecule has 2 atom stereocenters. The fourth-order valence-corrected chi connectivity index (χ4v) is 4.87. The first kappa shape index (κ1) is 12.7. The van der Waals surface area contributed by atoms with Gasteiger partial charge in [0, 0.05) is 36.3 Å². The summed E-state index contributed by atoms with van der Waals surface area (Å²) in [5.74, 6) is 0.693.